The highest BCUT2D eigenvalue weighted by Gasteiger charge is 2.35. The van der Waals surface area contributed by atoms with Gasteiger partial charge < -0.3 is 39.2 Å². The summed E-state index contributed by atoms with van der Waals surface area (Å²) in [6.07, 6.45) is 55.7. The largest absolute Gasteiger partial charge is 0.300 e. The molecule has 8 heteroatoms. The minimum absolute atomic E-state index is 0. The van der Waals surface area contributed by atoms with E-state index in [1.54, 1.807) is 0 Å². The second-order valence-corrected chi connectivity index (χ2v) is 33.9. The molecule has 0 aliphatic carbocycles. The quantitative estimate of drug-likeness (QED) is 0.237. The van der Waals surface area contributed by atoms with Crippen LogP contribution in [0.25, 0.3) is 0 Å². The van der Waals surface area contributed by atoms with Gasteiger partial charge in [0.25, 0.3) is 0 Å². The third-order valence-electron chi connectivity index (χ3n) is 26.0. The van der Waals surface area contributed by atoms with Gasteiger partial charge in [-0.3, -0.25) is 0 Å². The first-order valence-corrected chi connectivity index (χ1v) is 39.8. The zero-order valence-electron chi connectivity index (χ0n) is 59.0. The Balaban J connectivity index is 0.000000358. The van der Waals surface area contributed by atoms with Crippen LogP contribution in [0.3, 0.4) is 0 Å². The summed E-state index contributed by atoms with van der Waals surface area (Å²) in [5, 5.41) is 0. The Hall–Kier alpha value is -0.320. The van der Waals surface area contributed by atoms with Gasteiger partial charge >= 0.3 is 0 Å². The van der Waals surface area contributed by atoms with E-state index in [1.165, 1.54) is 349 Å². The third-order valence-corrected chi connectivity index (χ3v) is 26.0. The Labute approximate surface area is 587 Å². The van der Waals surface area contributed by atoms with Crippen molar-refractivity contribution in [2.75, 3.05) is 105 Å². The fraction of sp³-hybridized carbons (Fsp3) is 1.00. The molecule has 0 amide bonds. The summed E-state index contributed by atoms with van der Waals surface area (Å²) in [6, 6.07) is 7.76. The van der Waals surface area contributed by atoms with E-state index in [-0.39, 0.29) is 52.0 Å². The molecule has 0 aromatic heterocycles. The zero-order valence-corrected chi connectivity index (χ0v) is 59.0. The van der Waals surface area contributed by atoms with Crippen molar-refractivity contribution in [1.82, 2.24) is 39.2 Å². The fourth-order valence-corrected chi connectivity index (χ4v) is 20.5. The van der Waals surface area contributed by atoms with E-state index in [0.717, 1.165) is 95.7 Å². The number of hydrogen-bond acceptors (Lipinski definition) is 8. The van der Waals surface area contributed by atoms with Gasteiger partial charge in [0.1, 0.15) is 0 Å². The molecular weight excluding hydrogens is 1130 g/mol. The molecule has 556 valence electrons. The van der Waals surface area contributed by atoms with Crippen LogP contribution in [-0.4, -0.2) is 192 Å². The predicted octanol–water partition coefficient (Wildman–Crippen LogP) is 21.8. The normalized spacial score (nSPS) is 37.4. The highest BCUT2D eigenvalue weighted by molar-refractivity contribution is 4.91. The van der Waals surface area contributed by atoms with Crippen molar-refractivity contribution in [3.8, 4) is 0 Å². The molecule has 0 aromatic rings. The fourth-order valence-electron chi connectivity index (χ4n) is 20.5. The van der Waals surface area contributed by atoms with Gasteiger partial charge in [-0.1, -0.05) is 152 Å². The molecule has 0 bridgehead atoms. The number of piperidine rings is 6. The minimum Gasteiger partial charge on any atom is -0.300 e. The SMILES string of the molecule is C.C.C.C.C.C.C.CC1CC2CCCCCN2C1.CC1CC2CCCCN2C1.CC1CC2CCCN2C1.CC1CCC2CCCCN2CC1.CC1CCC2CCCN2CC1.CC1CCN2CCCC2C1.CC1CCN2CCCCC2C1.CC1CCN2CCCCCC2C1. The molecule has 16 aliphatic rings. The van der Waals surface area contributed by atoms with Crippen LogP contribution in [0.2, 0.25) is 0 Å². The van der Waals surface area contributed by atoms with Gasteiger partial charge in [0, 0.05) is 68.0 Å². The highest BCUT2D eigenvalue weighted by atomic mass is 15.2. The molecule has 16 atom stereocenters. The van der Waals surface area contributed by atoms with Crippen LogP contribution in [-0.2, 0) is 0 Å². The van der Waals surface area contributed by atoms with Crippen LogP contribution < -0.4 is 0 Å². The Morgan fingerprint density at radius 2 is 0.355 bits per heavy atom. The lowest BCUT2D eigenvalue weighted by atomic mass is 9.87. The molecule has 16 fully saturated rings. The Bertz CT molecular complexity index is 1730. The number of fused-ring (bicyclic) bond motifs is 8. The van der Waals surface area contributed by atoms with Crippen molar-refractivity contribution in [2.24, 2.45) is 47.3 Å². The van der Waals surface area contributed by atoms with Gasteiger partial charge in [0.05, 0.1) is 0 Å². The molecule has 16 unspecified atom stereocenters. The lowest BCUT2D eigenvalue weighted by molar-refractivity contribution is 0.0839. The first-order valence-electron chi connectivity index (χ1n) is 39.8. The molecule has 0 saturated carbocycles. The van der Waals surface area contributed by atoms with Crippen LogP contribution in [0.1, 0.15) is 351 Å². The van der Waals surface area contributed by atoms with Crippen LogP contribution in [0.15, 0.2) is 0 Å². The number of rotatable bonds is 0. The van der Waals surface area contributed by atoms with Crippen LogP contribution >= 0.6 is 0 Å². The monoisotopic (exact) mass is 1310 g/mol. The molecule has 0 radical (unpaired) electrons. The summed E-state index contributed by atoms with van der Waals surface area (Å²) in [7, 11) is 0. The lowest BCUT2D eigenvalue weighted by Gasteiger charge is -2.41. The molecule has 16 aliphatic heterocycles. The van der Waals surface area contributed by atoms with Crippen molar-refractivity contribution < 1.29 is 0 Å². The van der Waals surface area contributed by atoms with Crippen LogP contribution in [0.5, 0.6) is 0 Å². The maximum Gasteiger partial charge on any atom is 0.00988 e. The lowest BCUT2D eigenvalue weighted by Crippen LogP contribution is -2.44. The van der Waals surface area contributed by atoms with Gasteiger partial charge in [-0.2, -0.15) is 0 Å². The van der Waals surface area contributed by atoms with Crippen molar-refractivity contribution in [2.45, 2.75) is 400 Å². The first kappa shape index (κ1) is 88.8. The third kappa shape index (κ3) is 29.7. The molecule has 0 N–H and O–H groups in total. The standard InChI is InChI=1S/2C11H21N.3C10H19N.2C9H17N.C8H15N.7CH4/c1-10-5-6-11-4-2-3-8-12(11)9-7-10;1-10-6-8-12-7-4-2-3-5-11(12)9-10;1-9-4-5-10-3-2-7-11(10)8-6-9;1-9-5-7-11-6-3-2-4-10(11)8-9;1-9-7-10-5-3-2-4-6-11(10)8-9;1-8-4-6-10-5-2-3-9(10)7-8;1-8-6-9-4-2-3-5-10(9)7-8;1-7-5-8-3-2-4-9(8)6-7;;;;;;;/h2*10-11H,2-9H2,1H3;3*9-10H,2-8H2,1H3;2*8-9H,2-7H2,1H3;7-8H,2-6H2,1H3;7*1H4. The minimum atomic E-state index is 0. The highest BCUT2D eigenvalue weighted by Crippen LogP contribution is 2.36. The second-order valence-electron chi connectivity index (χ2n) is 33.9. The predicted molar refractivity (Wildman–Crippen MR) is 419 cm³/mol. The van der Waals surface area contributed by atoms with Crippen LogP contribution in [0.4, 0.5) is 0 Å². The van der Waals surface area contributed by atoms with Gasteiger partial charge in [-0.25, -0.2) is 0 Å². The topological polar surface area (TPSA) is 25.9 Å². The summed E-state index contributed by atoms with van der Waals surface area (Å²) in [6.45, 7) is 41.3. The van der Waals surface area contributed by atoms with Gasteiger partial charge in [-0.15, -0.1) is 0 Å². The summed E-state index contributed by atoms with van der Waals surface area (Å²) < 4.78 is 0. The molecule has 8 nitrogen and oxygen atoms in total. The average molecular weight is 1310 g/mol. The van der Waals surface area contributed by atoms with Gasteiger partial charge in [0.2, 0.25) is 0 Å². The average Bonchev–Trinajstić information content (AvgIpc) is 2.76. The molecular formula is C85H176N8. The van der Waals surface area contributed by atoms with E-state index < -0.39 is 0 Å². The first-order chi connectivity index (χ1) is 41.9. The van der Waals surface area contributed by atoms with Crippen molar-refractivity contribution in [3.63, 3.8) is 0 Å². The molecule has 0 spiro atoms. The molecule has 16 saturated heterocycles. The molecule has 16 heterocycles. The summed E-state index contributed by atoms with van der Waals surface area (Å²) in [4.78, 5) is 21.7. The van der Waals surface area contributed by atoms with Crippen molar-refractivity contribution in [1.29, 1.82) is 0 Å². The summed E-state index contributed by atoms with van der Waals surface area (Å²) in [5.41, 5.74) is 0. The smallest absolute Gasteiger partial charge is 0.00988 e. The Morgan fingerprint density at radius 3 is 0.688 bits per heavy atom. The Kier molecular flexibility index (Phi) is 45.6. The van der Waals surface area contributed by atoms with Crippen LogP contribution in [0, 0.1) is 47.3 Å². The van der Waals surface area contributed by atoms with E-state index in [2.05, 4.69) is 94.6 Å². The molecule has 0 aromatic carbocycles. The maximum absolute atomic E-state index is 2.74. The van der Waals surface area contributed by atoms with E-state index in [4.69, 9.17) is 0 Å². The Morgan fingerprint density at radius 1 is 0.151 bits per heavy atom. The maximum atomic E-state index is 2.74. The van der Waals surface area contributed by atoms with Gasteiger partial charge in [-0.05, 0) is 331 Å². The van der Waals surface area contributed by atoms with E-state index in [1.807, 2.05) is 0 Å². The molecule has 16 rings (SSSR count). The van der Waals surface area contributed by atoms with E-state index in [0.29, 0.717) is 0 Å². The zero-order chi connectivity index (χ0) is 60.0. The van der Waals surface area contributed by atoms with Crippen molar-refractivity contribution in [3.05, 3.63) is 0 Å². The summed E-state index contributed by atoms with van der Waals surface area (Å²) in [5.74, 6) is 7.88. The van der Waals surface area contributed by atoms with Crippen molar-refractivity contribution >= 4 is 0 Å². The van der Waals surface area contributed by atoms with Gasteiger partial charge in [0.15, 0.2) is 0 Å². The van der Waals surface area contributed by atoms with E-state index in [9.17, 15) is 0 Å². The molecule has 93 heavy (non-hydrogen) atoms. The number of nitrogens with zero attached hydrogens (tertiary/aromatic N) is 8. The number of hydrogen-bond donors (Lipinski definition) is 0. The second kappa shape index (κ2) is 47.7. The van der Waals surface area contributed by atoms with E-state index >= 15 is 0 Å². The summed E-state index contributed by atoms with van der Waals surface area (Å²) >= 11 is 0.